The quantitative estimate of drug-likeness (QED) is 0.556. The van der Waals surface area contributed by atoms with Gasteiger partial charge in [0.05, 0.1) is 28.8 Å². The number of hydrogen-bond acceptors (Lipinski definition) is 8. The molecule has 0 spiro atoms. The maximum Gasteiger partial charge on any atom is 0.258 e. The molecule has 0 fully saturated rings. The van der Waals surface area contributed by atoms with E-state index in [1.165, 1.54) is 10.9 Å². The molecule has 0 aliphatic carbocycles. The van der Waals surface area contributed by atoms with Crippen LogP contribution in [0, 0.1) is 18.3 Å². The van der Waals surface area contributed by atoms with E-state index in [0.29, 0.717) is 11.3 Å². The molecule has 0 saturated heterocycles. The van der Waals surface area contributed by atoms with E-state index in [2.05, 4.69) is 19.8 Å². The summed E-state index contributed by atoms with van der Waals surface area (Å²) in [6.07, 6.45) is 0.802. The average molecular weight is 425 g/mol. The van der Waals surface area contributed by atoms with Crippen molar-refractivity contribution in [2.45, 2.75) is 25.7 Å². The summed E-state index contributed by atoms with van der Waals surface area (Å²) in [5.74, 6) is -0.266. The van der Waals surface area contributed by atoms with Gasteiger partial charge >= 0.3 is 0 Å². The highest BCUT2D eigenvalue weighted by molar-refractivity contribution is 7.91. The molecule has 1 aliphatic rings. The van der Waals surface area contributed by atoms with E-state index in [9.17, 15) is 13.7 Å². The van der Waals surface area contributed by atoms with Crippen LogP contribution in [0.1, 0.15) is 35.5 Å². The molecule has 2 aromatic heterocycles. The van der Waals surface area contributed by atoms with E-state index in [4.69, 9.17) is 10.5 Å². The van der Waals surface area contributed by atoms with Crippen molar-refractivity contribution in [2.24, 2.45) is 7.05 Å². The zero-order valence-electron chi connectivity index (χ0n) is 16.5. The first-order valence-corrected chi connectivity index (χ1v) is 10.7. The number of nitrogen functional groups attached to an aromatic ring is 1. The van der Waals surface area contributed by atoms with Crippen LogP contribution in [-0.2, 0) is 22.8 Å². The molecule has 30 heavy (non-hydrogen) atoms. The normalized spacial score (nSPS) is 17.2. The van der Waals surface area contributed by atoms with E-state index in [1.54, 1.807) is 26.1 Å². The number of anilines is 2. The summed E-state index contributed by atoms with van der Waals surface area (Å²) >= 11 is 0. The molecule has 154 valence electrons. The molecule has 0 unspecified atom stereocenters. The molecular formula is C19H19N7O3S. The fourth-order valence-electron chi connectivity index (χ4n) is 3.39. The minimum absolute atomic E-state index is 0.0846. The summed E-state index contributed by atoms with van der Waals surface area (Å²) in [6, 6.07) is 7.36. The highest BCUT2D eigenvalue weighted by atomic mass is 32.2. The summed E-state index contributed by atoms with van der Waals surface area (Å²) in [7, 11) is -2.29. The molecule has 3 N–H and O–H groups in total. The van der Waals surface area contributed by atoms with E-state index in [-0.39, 0.29) is 34.3 Å². The van der Waals surface area contributed by atoms with E-state index >= 15 is 0 Å². The summed E-state index contributed by atoms with van der Waals surface area (Å²) < 4.78 is 35.8. The third kappa shape index (κ3) is 3.42. The van der Waals surface area contributed by atoms with Gasteiger partial charge in [0.2, 0.25) is 10.0 Å². The van der Waals surface area contributed by atoms with Crippen LogP contribution in [0.2, 0.25) is 0 Å². The number of aryl methyl sites for hydroxylation is 2. The number of nitriles is 1. The topological polar surface area (TPSA) is 149 Å². The lowest BCUT2D eigenvalue weighted by Crippen LogP contribution is -2.19. The summed E-state index contributed by atoms with van der Waals surface area (Å²) in [6.45, 7) is 3.67. The lowest BCUT2D eigenvalue weighted by molar-refractivity contribution is 0.219. The first kappa shape index (κ1) is 19.7. The van der Waals surface area contributed by atoms with Gasteiger partial charge in [0, 0.05) is 12.6 Å². The van der Waals surface area contributed by atoms with Gasteiger partial charge in [-0.2, -0.15) is 10.4 Å². The number of sulfonamides is 1. The van der Waals surface area contributed by atoms with Gasteiger partial charge in [-0.05, 0) is 19.9 Å². The number of nitrogens with one attached hydrogen (secondary N) is 1. The molecule has 0 saturated carbocycles. The van der Waals surface area contributed by atoms with Crippen LogP contribution in [0.5, 0.6) is 5.88 Å². The molecule has 1 atom stereocenters. The zero-order valence-corrected chi connectivity index (χ0v) is 17.4. The maximum absolute atomic E-state index is 13.0. The van der Waals surface area contributed by atoms with Gasteiger partial charge in [0.15, 0.2) is 5.82 Å². The summed E-state index contributed by atoms with van der Waals surface area (Å²) in [4.78, 5) is 8.57. The molecule has 1 aliphatic heterocycles. The van der Waals surface area contributed by atoms with Gasteiger partial charge in [0.25, 0.3) is 5.88 Å². The first-order valence-electron chi connectivity index (χ1n) is 9.05. The van der Waals surface area contributed by atoms with Gasteiger partial charge in [-0.1, -0.05) is 17.7 Å². The van der Waals surface area contributed by atoms with Crippen molar-refractivity contribution in [3.8, 4) is 23.2 Å². The van der Waals surface area contributed by atoms with Crippen molar-refractivity contribution < 1.29 is 13.2 Å². The zero-order chi connectivity index (χ0) is 21.6. The highest BCUT2D eigenvalue weighted by Gasteiger charge is 2.27. The van der Waals surface area contributed by atoms with Crippen molar-refractivity contribution in [3.63, 3.8) is 0 Å². The molecule has 3 heterocycles. The minimum atomic E-state index is -3.85. The number of rotatable bonds is 0. The second-order valence-corrected chi connectivity index (χ2v) is 8.79. The Balaban J connectivity index is 2.00. The Morgan fingerprint density at radius 1 is 1.40 bits per heavy atom. The van der Waals surface area contributed by atoms with Crippen molar-refractivity contribution in [2.75, 3.05) is 10.5 Å². The third-order valence-electron chi connectivity index (χ3n) is 4.77. The second kappa shape index (κ2) is 7.00. The smallest absolute Gasteiger partial charge is 0.258 e. The first-order chi connectivity index (χ1) is 14.2. The number of fused-ring (bicyclic) bond motifs is 5. The molecule has 2 bridgehead atoms. The van der Waals surface area contributed by atoms with Crippen LogP contribution in [0.4, 0.5) is 11.5 Å². The molecule has 3 aromatic rings. The lowest BCUT2D eigenvalue weighted by Gasteiger charge is -2.21. The predicted molar refractivity (Wildman–Crippen MR) is 110 cm³/mol. The molecule has 1 aromatic carbocycles. The Morgan fingerprint density at radius 3 is 2.90 bits per heavy atom. The van der Waals surface area contributed by atoms with Crippen molar-refractivity contribution in [3.05, 3.63) is 46.9 Å². The Morgan fingerprint density at radius 2 is 2.17 bits per heavy atom. The average Bonchev–Trinajstić information content (AvgIpc) is 2.98. The van der Waals surface area contributed by atoms with Crippen molar-refractivity contribution in [1.29, 1.82) is 5.26 Å². The number of nitrogens with two attached hydrogens (primary N) is 1. The minimum Gasteiger partial charge on any atom is -0.467 e. The number of hydrogen-bond donors (Lipinski definition) is 2. The Hall–Kier alpha value is -3.65. The molecule has 11 heteroatoms. The maximum atomic E-state index is 13.0. The molecule has 4 rings (SSSR count). The van der Waals surface area contributed by atoms with Crippen LogP contribution in [-0.4, -0.2) is 28.2 Å². The fourth-order valence-corrected chi connectivity index (χ4v) is 4.55. The van der Waals surface area contributed by atoms with E-state index in [0.717, 1.165) is 5.56 Å². The molecule has 10 nitrogen and oxygen atoms in total. The third-order valence-corrected chi connectivity index (χ3v) is 5.96. The Bertz CT molecular complexity index is 1310. The molecular weight excluding hydrogens is 406 g/mol. The molecule has 0 radical (unpaired) electrons. The molecule has 0 amide bonds. The van der Waals surface area contributed by atoms with Crippen LogP contribution >= 0.6 is 0 Å². The van der Waals surface area contributed by atoms with Crippen LogP contribution in [0.15, 0.2) is 24.4 Å². The number of aromatic nitrogens is 4. The van der Waals surface area contributed by atoms with Gasteiger partial charge < -0.3 is 10.5 Å². The predicted octanol–water partition coefficient (Wildman–Crippen LogP) is 2.03. The fraction of sp³-hybridized carbons (Fsp3) is 0.263. The van der Waals surface area contributed by atoms with Gasteiger partial charge in [-0.15, -0.1) is 0 Å². The largest absolute Gasteiger partial charge is 0.467 e. The Kier molecular flexibility index (Phi) is 4.58. The van der Waals surface area contributed by atoms with Crippen LogP contribution < -0.4 is 15.2 Å². The Labute approximate surface area is 173 Å². The highest BCUT2D eigenvalue weighted by Crippen LogP contribution is 2.34. The summed E-state index contributed by atoms with van der Waals surface area (Å²) in [5.41, 5.74) is 8.79. The monoisotopic (exact) mass is 425 g/mol. The second-order valence-electron chi connectivity index (χ2n) is 7.06. The SMILES string of the molecule is Cc1ccc2c(c1)[C@@H](C)Oc1nc(cnc1N)-c1c(nn(C)c1C#N)CS(=O)(=O)N2. The van der Waals surface area contributed by atoms with E-state index in [1.807, 2.05) is 19.1 Å². The van der Waals surface area contributed by atoms with Gasteiger partial charge in [-0.25, -0.2) is 18.4 Å². The summed E-state index contributed by atoms with van der Waals surface area (Å²) in [5, 5.41) is 13.8. The van der Waals surface area contributed by atoms with Crippen LogP contribution in [0.3, 0.4) is 0 Å². The van der Waals surface area contributed by atoms with Gasteiger partial charge in [-0.3, -0.25) is 9.40 Å². The lowest BCUT2D eigenvalue weighted by atomic mass is 10.1. The number of ether oxygens (including phenoxy) is 1. The number of benzene rings is 1. The number of nitrogens with zero attached hydrogens (tertiary/aromatic N) is 5. The van der Waals surface area contributed by atoms with Crippen LogP contribution in [0.25, 0.3) is 11.3 Å². The van der Waals surface area contributed by atoms with E-state index < -0.39 is 21.9 Å². The van der Waals surface area contributed by atoms with Gasteiger partial charge in [0.1, 0.15) is 23.6 Å². The standard InChI is InChI=1S/C19H19N7O3S/c1-10-4-5-13-12(6-10)11(2)29-19-18(21)22-8-14(23-19)17-15(9-30(27,28)25-13)24-26(3)16(17)7-20/h4-6,8,11,25H,9H2,1-3H3,(H2,21,22)/t11-/m1/s1. The van der Waals surface area contributed by atoms with Crippen molar-refractivity contribution in [1.82, 2.24) is 19.7 Å². The van der Waals surface area contributed by atoms with Crippen molar-refractivity contribution >= 4 is 21.5 Å².